The monoisotopic (exact) mass is 428 g/mol. The third kappa shape index (κ3) is 5.90. The van der Waals surface area contributed by atoms with E-state index in [-0.39, 0.29) is 5.56 Å². The minimum Gasteiger partial charge on any atom is -0.477 e. The first-order chi connectivity index (χ1) is 14.8. The van der Waals surface area contributed by atoms with Crippen molar-refractivity contribution in [1.29, 1.82) is 0 Å². The van der Waals surface area contributed by atoms with Crippen molar-refractivity contribution in [2.75, 3.05) is 18.5 Å². The number of alkyl halides is 2. The number of anilines is 1. The van der Waals surface area contributed by atoms with Gasteiger partial charge >= 0.3 is 11.9 Å². The third-order valence-electron chi connectivity index (χ3n) is 5.39. The predicted molar refractivity (Wildman–Crippen MR) is 116 cm³/mol. The van der Waals surface area contributed by atoms with Crippen molar-refractivity contribution in [2.24, 2.45) is 0 Å². The molecule has 2 aromatic rings. The highest BCUT2D eigenvalue weighted by molar-refractivity contribution is 5.94. The first-order valence-corrected chi connectivity index (χ1v) is 10.3. The van der Waals surface area contributed by atoms with Crippen LogP contribution in [0, 0.1) is 0 Å². The summed E-state index contributed by atoms with van der Waals surface area (Å²) in [4.78, 5) is 24.5. The number of allylic oxidation sites excluding steroid dienone is 2. The van der Waals surface area contributed by atoms with Gasteiger partial charge in [-0.2, -0.15) is 8.78 Å². The largest absolute Gasteiger partial charge is 0.477 e. The number of benzene rings is 2. The van der Waals surface area contributed by atoms with E-state index >= 15 is 0 Å². The number of nitrogens with one attached hydrogen (secondary N) is 1. The molecule has 31 heavy (non-hydrogen) atoms. The average molecular weight is 428 g/mol. The molecule has 0 spiro atoms. The van der Waals surface area contributed by atoms with E-state index < -0.39 is 24.3 Å². The van der Waals surface area contributed by atoms with Crippen molar-refractivity contribution in [3.63, 3.8) is 0 Å². The smallest absolute Gasteiger partial charge is 0.376 e. The van der Waals surface area contributed by atoms with Crippen LogP contribution in [-0.2, 0) is 11.3 Å². The van der Waals surface area contributed by atoms with Crippen LogP contribution in [-0.4, -0.2) is 36.5 Å². The summed E-state index contributed by atoms with van der Waals surface area (Å²) < 4.78 is 26.2. The van der Waals surface area contributed by atoms with Crippen LogP contribution in [0.25, 0.3) is 5.57 Å². The molecule has 0 saturated carbocycles. The maximum absolute atomic E-state index is 13.1. The highest BCUT2D eigenvalue weighted by Crippen LogP contribution is 2.28. The van der Waals surface area contributed by atoms with E-state index in [9.17, 15) is 18.4 Å². The van der Waals surface area contributed by atoms with Gasteiger partial charge in [0.25, 0.3) is 5.91 Å². The number of aliphatic carboxylic acids is 1. The number of hydrogen-bond donors (Lipinski definition) is 2. The summed E-state index contributed by atoms with van der Waals surface area (Å²) in [5.74, 6) is -7.01. The number of carbonyl (C=O) groups is 2. The maximum atomic E-state index is 13.1. The Kier molecular flexibility index (Phi) is 7.05. The molecule has 0 aliphatic heterocycles. The minimum absolute atomic E-state index is 0.192. The molecule has 1 aliphatic rings. The molecule has 2 aromatic carbocycles. The Hall–Kier alpha value is -3.22. The van der Waals surface area contributed by atoms with E-state index in [2.05, 4.69) is 35.2 Å². The standard InChI is InChI=1S/C24H26F2N2O3/c1-28(21-13-11-19(12-14-21)18-5-3-2-4-6-18)15-17-7-9-20(10-8-17)22(29)27-16-24(25,26)23(30)31/h5,7-14H,2-4,6,15-16H2,1H3,(H,27,29)(H,30,31). The van der Waals surface area contributed by atoms with E-state index in [4.69, 9.17) is 5.11 Å². The summed E-state index contributed by atoms with van der Waals surface area (Å²) in [5, 5.41) is 10.4. The third-order valence-corrected chi connectivity index (χ3v) is 5.39. The second-order valence-electron chi connectivity index (χ2n) is 7.77. The quantitative estimate of drug-likeness (QED) is 0.638. The summed E-state index contributed by atoms with van der Waals surface area (Å²) in [6.45, 7) is -0.639. The van der Waals surface area contributed by atoms with Gasteiger partial charge < -0.3 is 15.3 Å². The van der Waals surface area contributed by atoms with E-state index in [1.165, 1.54) is 36.1 Å². The highest BCUT2D eigenvalue weighted by Gasteiger charge is 2.39. The summed E-state index contributed by atoms with van der Waals surface area (Å²) in [6, 6.07) is 15.0. The molecular weight excluding hydrogens is 402 g/mol. The fourth-order valence-corrected chi connectivity index (χ4v) is 3.53. The van der Waals surface area contributed by atoms with Crippen LogP contribution in [0.3, 0.4) is 0 Å². The molecule has 0 unspecified atom stereocenters. The number of rotatable bonds is 8. The van der Waals surface area contributed by atoms with Gasteiger partial charge in [0, 0.05) is 24.8 Å². The first kappa shape index (κ1) is 22.5. The van der Waals surface area contributed by atoms with Gasteiger partial charge in [0.1, 0.15) is 0 Å². The Morgan fingerprint density at radius 1 is 1.06 bits per heavy atom. The predicted octanol–water partition coefficient (Wildman–Crippen LogP) is 4.73. The molecule has 0 heterocycles. The van der Waals surface area contributed by atoms with Gasteiger partial charge in [-0.1, -0.05) is 30.3 Å². The number of hydrogen-bond acceptors (Lipinski definition) is 3. The van der Waals surface area contributed by atoms with E-state index in [1.54, 1.807) is 12.1 Å². The lowest BCUT2D eigenvalue weighted by Crippen LogP contribution is -2.42. The molecule has 0 radical (unpaired) electrons. The lowest BCUT2D eigenvalue weighted by atomic mass is 9.93. The Bertz CT molecular complexity index is 954. The van der Waals surface area contributed by atoms with Crippen LogP contribution in [0.1, 0.15) is 47.2 Å². The first-order valence-electron chi connectivity index (χ1n) is 10.3. The molecule has 1 aliphatic carbocycles. The zero-order valence-electron chi connectivity index (χ0n) is 17.4. The molecule has 7 heteroatoms. The molecule has 2 N–H and O–H groups in total. The van der Waals surface area contributed by atoms with Crippen molar-refractivity contribution in [3.8, 4) is 0 Å². The van der Waals surface area contributed by atoms with E-state index in [0.717, 1.165) is 24.1 Å². The molecule has 0 bridgehead atoms. The molecule has 0 aromatic heterocycles. The Morgan fingerprint density at radius 2 is 1.74 bits per heavy atom. The molecule has 0 saturated heterocycles. The van der Waals surface area contributed by atoms with Gasteiger partial charge in [0.05, 0.1) is 6.54 Å². The van der Waals surface area contributed by atoms with E-state index in [0.29, 0.717) is 6.54 Å². The van der Waals surface area contributed by atoms with Gasteiger partial charge in [-0.3, -0.25) is 4.79 Å². The van der Waals surface area contributed by atoms with Crippen LogP contribution in [0.2, 0.25) is 0 Å². The van der Waals surface area contributed by atoms with Gasteiger partial charge in [-0.15, -0.1) is 0 Å². The number of halogens is 2. The molecule has 5 nitrogen and oxygen atoms in total. The zero-order valence-corrected chi connectivity index (χ0v) is 17.4. The van der Waals surface area contributed by atoms with Crippen LogP contribution in [0.5, 0.6) is 0 Å². The second-order valence-corrected chi connectivity index (χ2v) is 7.77. The number of amides is 1. The van der Waals surface area contributed by atoms with Crippen molar-refractivity contribution in [1.82, 2.24) is 5.32 Å². The van der Waals surface area contributed by atoms with Crippen molar-refractivity contribution >= 4 is 23.1 Å². The van der Waals surface area contributed by atoms with Crippen molar-refractivity contribution in [3.05, 3.63) is 71.3 Å². The molecule has 164 valence electrons. The van der Waals surface area contributed by atoms with Gasteiger partial charge in [-0.25, -0.2) is 4.79 Å². The zero-order chi connectivity index (χ0) is 22.4. The van der Waals surface area contributed by atoms with Gasteiger partial charge in [-0.05, 0) is 66.6 Å². The average Bonchev–Trinajstić information content (AvgIpc) is 2.78. The van der Waals surface area contributed by atoms with E-state index in [1.807, 2.05) is 12.4 Å². The summed E-state index contributed by atoms with van der Waals surface area (Å²) in [7, 11) is 1.98. The lowest BCUT2D eigenvalue weighted by molar-refractivity contribution is -0.163. The molecular formula is C24H26F2N2O3. The molecule has 1 amide bonds. The summed E-state index contributed by atoms with van der Waals surface area (Å²) in [5.41, 5.74) is 4.89. The minimum atomic E-state index is -4.00. The van der Waals surface area contributed by atoms with Crippen LogP contribution >= 0.6 is 0 Å². The fraction of sp³-hybridized carbons (Fsp3) is 0.333. The highest BCUT2D eigenvalue weighted by atomic mass is 19.3. The molecule has 3 rings (SSSR count). The molecule has 0 atom stereocenters. The van der Waals surface area contributed by atoms with Gasteiger partial charge in [0.2, 0.25) is 0 Å². The van der Waals surface area contributed by atoms with Crippen LogP contribution in [0.4, 0.5) is 14.5 Å². The fourth-order valence-electron chi connectivity index (χ4n) is 3.53. The SMILES string of the molecule is CN(Cc1ccc(C(=O)NCC(F)(F)C(=O)O)cc1)c1ccc(C2=CCCCC2)cc1. The van der Waals surface area contributed by atoms with Crippen molar-refractivity contribution in [2.45, 2.75) is 38.2 Å². The second kappa shape index (κ2) is 9.73. The topological polar surface area (TPSA) is 69.6 Å². The summed E-state index contributed by atoms with van der Waals surface area (Å²) >= 11 is 0. The molecule has 0 fully saturated rings. The van der Waals surface area contributed by atoms with Crippen molar-refractivity contribution < 1.29 is 23.5 Å². The van der Waals surface area contributed by atoms with Crippen LogP contribution in [0.15, 0.2) is 54.6 Å². The Balaban J connectivity index is 1.57. The number of carboxylic acids is 1. The number of carbonyl (C=O) groups excluding carboxylic acids is 1. The maximum Gasteiger partial charge on any atom is 0.376 e. The van der Waals surface area contributed by atoms with Crippen LogP contribution < -0.4 is 10.2 Å². The number of carboxylic acid groups (broad SMARTS) is 1. The number of nitrogens with zero attached hydrogens (tertiary/aromatic N) is 1. The normalized spacial score (nSPS) is 14.0. The van der Waals surface area contributed by atoms with Gasteiger partial charge in [0.15, 0.2) is 0 Å². The lowest BCUT2D eigenvalue weighted by Gasteiger charge is -2.21. The Morgan fingerprint density at radius 3 is 2.32 bits per heavy atom. The Labute approximate surface area is 180 Å². The summed E-state index contributed by atoms with van der Waals surface area (Å²) in [6.07, 6.45) is 7.10.